The molecule has 0 unspecified atom stereocenters. The van der Waals surface area contributed by atoms with Gasteiger partial charge in [0.05, 0.1) is 35.9 Å². The fourth-order valence-corrected chi connectivity index (χ4v) is 5.24. The number of halogens is 1. The van der Waals surface area contributed by atoms with Gasteiger partial charge in [-0.3, -0.25) is 4.68 Å². The molecule has 2 aromatic carbocycles. The Morgan fingerprint density at radius 3 is 2.67 bits per heavy atom. The second-order valence-corrected chi connectivity index (χ2v) is 9.95. The third-order valence-corrected chi connectivity index (χ3v) is 7.31. The molecule has 0 spiro atoms. The summed E-state index contributed by atoms with van der Waals surface area (Å²) in [4.78, 5) is 0.184. The van der Waals surface area contributed by atoms with Crippen molar-refractivity contribution in [1.29, 1.82) is 0 Å². The zero-order valence-corrected chi connectivity index (χ0v) is 19.1. The zero-order valence-electron chi connectivity index (χ0n) is 18.3. The van der Waals surface area contributed by atoms with Crippen LogP contribution in [0.4, 0.5) is 4.39 Å². The fourth-order valence-electron chi connectivity index (χ4n) is 3.94. The number of nitrogens with one attached hydrogen (secondary N) is 1. The van der Waals surface area contributed by atoms with Gasteiger partial charge in [0.1, 0.15) is 11.5 Å². The Bertz CT molecular complexity index is 1180. The first-order valence-electron chi connectivity index (χ1n) is 10.9. The molecule has 3 atom stereocenters. The SMILES string of the molecule is Cc1ccc(S(=O)(=O)N[C@@H]2CC[C@@H](CCn3cc(-c4ccccc4F)nn3)O[C@H]2CO)cc1. The van der Waals surface area contributed by atoms with Crippen molar-refractivity contribution in [3.63, 3.8) is 0 Å². The van der Waals surface area contributed by atoms with Crippen molar-refractivity contribution in [2.75, 3.05) is 6.61 Å². The molecule has 2 heterocycles. The molecule has 4 rings (SSSR count). The molecule has 0 saturated carbocycles. The smallest absolute Gasteiger partial charge is 0.240 e. The van der Waals surface area contributed by atoms with E-state index in [4.69, 9.17) is 4.74 Å². The number of sulfonamides is 1. The number of aliphatic hydroxyl groups excluding tert-OH is 1. The predicted molar refractivity (Wildman–Crippen MR) is 120 cm³/mol. The number of aliphatic hydroxyl groups is 1. The minimum atomic E-state index is -3.71. The topological polar surface area (TPSA) is 106 Å². The van der Waals surface area contributed by atoms with Crippen molar-refractivity contribution in [1.82, 2.24) is 19.7 Å². The molecule has 8 nitrogen and oxygen atoms in total. The summed E-state index contributed by atoms with van der Waals surface area (Å²) < 4.78 is 49.7. The number of hydrogen-bond acceptors (Lipinski definition) is 6. The van der Waals surface area contributed by atoms with Crippen LogP contribution in [0.3, 0.4) is 0 Å². The summed E-state index contributed by atoms with van der Waals surface area (Å²) in [6, 6.07) is 12.5. The normalized spacial score (nSPS) is 21.2. The first kappa shape index (κ1) is 23.5. The number of benzene rings is 2. The van der Waals surface area contributed by atoms with E-state index in [2.05, 4.69) is 15.0 Å². The van der Waals surface area contributed by atoms with Crippen molar-refractivity contribution < 1.29 is 22.7 Å². The Balaban J connectivity index is 1.34. The number of ether oxygens (including phenoxy) is 1. The quantitative estimate of drug-likeness (QED) is 0.520. The highest BCUT2D eigenvalue weighted by atomic mass is 32.2. The molecule has 33 heavy (non-hydrogen) atoms. The van der Waals surface area contributed by atoms with Gasteiger partial charge in [-0.25, -0.2) is 17.5 Å². The van der Waals surface area contributed by atoms with Crippen molar-refractivity contribution in [3.8, 4) is 11.3 Å². The monoisotopic (exact) mass is 474 g/mol. The lowest BCUT2D eigenvalue weighted by atomic mass is 9.98. The van der Waals surface area contributed by atoms with Crippen LogP contribution in [-0.4, -0.2) is 53.4 Å². The molecular formula is C23H27FN4O4S. The molecule has 0 aliphatic carbocycles. The highest BCUT2D eigenvalue weighted by Crippen LogP contribution is 2.25. The number of aryl methyl sites for hydroxylation is 2. The van der Waals surface area contributed by atoms with Gasteiger partial charge < -0.3 is 9.84 Å². The molecule has 3 aromatic rings. The molecular weight excluding hydrogens is 447 g/mol. The maximum absolute atomic E-state index is 14.0. The van der Waals surface area contributed by atoms with Crippen LogP contribution in [-0.2, 0) is 21.3 Å². The average molecular weight is 475 g/mol. The van der Waals surface area contributed by atoms with Crippen LogP contribution in [0, 0.1) is 12.7 Å². The molecule has 0 amide bonds. The van der Waals surface area contributed by atoms with Crippen LogP contribution in [0.2, 0.25) is 0 Å². The Hall–Kier alpha value is -2.66. The second-order valence-electron chi connectivity index (χ2n) is 8.23. The van der Waals surface area contributed by atoms with E-state index < -0.39 is 22.2 Å². The van der Waals surface area contributed by atoms with Crippen LogP contribution < -0.4 is 4.72 Å². The summed E-state index contributed by atoms with van der Waals surface area (Å²) in [6.07, 6.45) is 2.65. The van der Waals surface area contributed by atoms with Gasteiger partial charge >= 0.3 is 0 Å². The van der Waals surface area contributed by atoms with Gasteiger partial charge in [0.15, 0.2) is 0 Å². The second kappa shape index (κ2) is 10.1. The minimum absolute atomic E-state index is 0.164. The van der Waals surface area contributed by atoms with E-state index in [1.54, 1.807) is 53.3 Å². The number of rotatable bonds is 8. The van der Waals surface area contributed by atoms with E-state index in [0.717, 1.165) is 5.56 Å². The van der Waals surface area contributed by atoms with Gasteiger partial charge in [0.2, 0.25) is 10.0 Å². The maximum Gasteiger partial charge on any atom is 0.240 e. The Morgan fingerprint density at radius 2 is 1.94 bits per heavy atom. The van der Waals surface area contributed by atoms with E-state index in [1.807, 2.05) is 6.92 Å². The lowest BCUT2D eigenvalue weighted by Gasteiger charge is -2.36. The summed E-state index contributed by atoms with van der Waals surface area (Å²) >= 11 is 0. The van der Waals surface area contributed by atoms with Crippen LogP contribution in [0.25, 0.3) is 11.3 Å². The van der Waals surface area contributed by atoms with Crippen LogP contribution >= 0.6 is 0 Å². The standard InChI is InChI=1S/C23H27FN4O4S/c1-16-6-9-18(10-7-16)33(30,31)26-21-11-8-17(32-23(21)15-29)12-13-28-14-22(25-27-28)19-4-2-3-5-20(19)24/h2-7,9-10,14,17,21,23,26,29H,8,11-13,15H2,1H3/t17-,21+,23-/m0/s1. The molecule has 10 heteroatoms. The first-order chi connectivity index (χ1) is 15.9. The molecule has 1 saturated heterocycles. The maximum atomic E-state index is 14.0. The molecule has 1 aliphatic heterocycles. The highest BCUT2D eigenvalue weighted by Gasteiger charge is 2.34. The van der Waals surface area contributed by atoms with E-state index in [9.17, 15) is 17.9 Å². The van der Waals surface area contributed by atoms with E-state index in [0.29, 0.717) is 37.1 Å². The van der Waals surface area contributed by atoms with Crippen LogP contribution in [0.15, 0.2) is 59.6 Å². The Kier molecular flexibility index (Phi) is 7.18. The van der Waals surface area contributed by atoms with Gasteiger partial charge in [-0.05, 0) is 50.5 Å². The largest absolute Gasteiger partial charge is 0.394 e. The van der Waals surface area contributed by atoms with E-state index in [-0.39, 0.29) is 23.4 Å². The van der Waals surface area contributed by atoms with Gasteiger partial charge in [0, 0.05) is 12.1 Å². The third-order valence-electron chi connectivity index (χ3n) is 5.80. The van der Waals surface area contributed by atoms with Gasteiger partial charge in [-0.2, -0.15) is 0 Å². The summed E-state index contributed by atoms with van der Waals surface area (Å²) in [6.45, 7) is 2.10. The lowest BCUT2D eigenvalue weighted by molar-refractivity contribution is -0.0891. The van der Waals surface area contributed by atoms with Crippen molar-refractivity contribution >= 4 is 10.0 Å². The summed E-state index contributed by atoms with van der Waals surface area (Å²) in [7, 11) is -3.71. The molecule has 176 valence electrons. The third kappa shape index (κ3) is 5.64. The Labute approximate surface area is 192 Å². The predicted octanol–water partition coefficient (Wildman–Crippen LogP) is 2.67. The minimum Gasteiger partial charge on any atom is -0.394 e. The van der Waals surface area contributed by atoms with Crippen molar-refractivity contribution in [2.24, 2.45) is 0 Å². The highest BCUT2D eigenvalue weighted by molar-refractivity contribution is 7.89. The average Bonchev–Trinajstić information content (AvgIpc) is 3.27. The summed E-state index contributed by atoms with van der Waals surface area (Å²) in [5.41, 5.74) is 1.82. The van der Waals surface area contributed by atoms with Crippen LogP contribution in [0.1, 0.15) is 24.8 Å². The lowest BCUT2D eigenvalue weighted by Crippen LogP contribution is -2.50. The van der Waals surface area contributed by atoms with Crippen molar-refractivity contribution in [3.05, 3.63) is 66.1 Å². The van der Waals surface area contributed by atoms with Crippen molar-refractivity contribution in [2.45, 2.75) is 55.9 Å². The number of hydrogen-bond donors (Lipinski definition) is 2. The first-order valence-corrected chi connectivity index (χ1v) is 12.3. The molecule has 0 bridgehead atoms. The Morgan fingerprint density at radius 1 is 1.18 bits per heavy atom. The number of nitrogens with zero attached hydrogens (tertiary/aromatic N) is 3. The number of aromatic nitrogens is 3. The van der Waals surface area contributed by atoms with Gasteiger partial charge in [-0.15, -0.1) is 5.10 Å². The fraction of sp³-hybridized carbons (Fsp3) is 0.391. The van der Waals surface area contributed by atoms with E-state index in [1.165, 1.54) is 6.07 Å². The molecule has 1 aromatic heterocycles. The van der Waals surface area contributed by atoms with E-state index >= 15 is 0 Å². The molecule has 0 radical (unpaired) electrons. The summed E-state index contributed by atoms with van der Waals surface area (Å²) in [5, 5.41) is 17.9. The summed E-state index contributed by atoms with van der Waals surface area (Å²) in [5.74, 6) is -0.356. The van der Waals surface area contributed by atoms with Crippen LogP contribution in [0.5, 0.6) is 0 Å². The molecule has 1 aliphatic rings. The van der Waals surface area contributed by atoms with Gasteiger partial charge in [0.25, 0.3) is 0 Å². The zero-order chi connectivity index (χ0) is 23.4. The molecule has 1 fully saturated rings. The van der Waals surface area contributed by atoms with Gasteiger partial charge in [-0.1, -0.05) is 35.0 Å². The molecule has 2 N–H and O–H groups in total.